The van der Waals surface area contributed by atoms with E-state index in [0.717, 1.165) is 6.26 Å². The number of rotatable bonds is 8. The van der Waals surface area contributed by atoms with Gasteiger partial charge in [-0.1, -0.05) is 30.3 Å². The number of carboxylic acids is 2. The highest BCUT2D eigenvalue weighted by molar-refractivity contribution is 7.91. The number of anilines is 1. The predicted octanol–water partition coefficient (Wildman–Crippen LogP) is -0.572. The lowest BCUT2D eigenvalue weighted by molar-refractivity contribution is -0.140. The van der Waals surface area contributed by atoms with Crippen LogP contribution in [0.25, 0.3) is 0 Å². The molecule has 34 heavy (non-hydrogen) atoms. The molecular weight excluding hydrogens is 492 g/mol. The Kier molecular flexibility index (Phi) is 13.0. The molecule has 0 radical (unpaired) electrons. The molecule has 0 spiro atoms. The highest BCUT2D eigenvalue weighted by Gasteiger charge is 2.19. The van der Waals surface area contributed by atoms with Crippen LogP contribution < -0.4 is 11.1 Å². The van der Waals surface area contributed by atoms with Gasteiger partial charge in [-0.15, -0.1) is 0 Å². The summed E-state index contributed by atoms with van der Waals surface area (Å²) in [6.45, 7) is -1.14. The van der Waals surface area contributed by atoms with E-state index in [0.29, 0.717) is 4.90 Å². The van der Waals surface area contributed by atoms with Gasteiger partial charge in [0.1, 0.15) is 12.1 Å². The molecule has 0 aliphatic carbocycles. The number of carbonyl (C=O) groups is 2. The van der Waals surface area contributed by atoms with Crippen molar-refractivity contribution < 1.29 is 46.9 Å². The number of nitrogens with one attached hydrogen (secondary N) is 1. The summed E-state index contributed by atoms with van der Waals surface area (Å²) >= 11 is 0. The van der Waals surface area contributed by atoms with Crippen LogP contribution in [0.2, 0.25) is 0 Å². The Morgan fingerprint density at radius 1 is 0.824 bits per heavy atom. The van der Waals surface area contributed by atoms with Crippen LogP contribution in [0.1, 0.15) is 0 Å². The van der Waals surface area contributed by atoms with Crippen molar-refractivity contribution >= 4 is 37.3 Å². The summed E-state index contributed by atoms with van der Waals surface area (Å²) in [5.74, 6) is -2.43. The summed E-state index contributed by atoms with van der Waals surface area (Å²) in [6.07, 6.45) is 2.23. The second-order valence-electron chi connectivity index (χ2n) is 6.70. The van der Waals surface area contributed by atoms with E-state index in [-0.39, 0.29) is 10.6 Å². The van der Waals surface area contributed by atoms with Crippen molar-refractivity contribution in [3.05, 3.63) is 54.6 Å². The molecule has 2 unspecified atom stereocenters. The zero-order valence-corrected chi connectivity index (χ0v) is 20.0. The van der Waals surface area contributed by atoms with Crippen molar-refractivity contribution in [1.82, 2.24) is 0 Å². The van der Waals surface area contributed by atoms with Gasteiger partial charge in [0.25, 0.3) is 0 Å². The number of para-hydroxylation sites is 1. The number of aliphatic carboxylic acids is 2. The molecule has 2 aromatic rings. The second-order valence-corrected chi connectivity index (χ2v) is 10.7. The zero-order valence-electron chi connectivity index (χ0n) is 18.4. The van der Waals surface area contributed by atoms with Crippen LogP contribution in [0.3, 0.4) is 0 Å². The minimum atomic E-state index is -3.45. The maximum atomic E-state index is 11.4. The van der Waals surface area contributed by atoms with E-state index in [1.54, 1.807) is 36.4 Å². The molecule has 0 bridgehead atoms. The molecule has 190 valence electrons. The smallest absolute Gasteiger partial charge is 0.328 e. The highest BCUT2D eigenvalue weighted by atomic mass is 32.2. The average Bonchev–Trinajstić information content (AvgIpc) is 2.77. The Morgan fingerprint density at radius 2 is 1.32 bits per heavy atom. The lowest BCUT2D eigenvalue weighted by atomic mass is 10.2. The van der Waals surface area contributed by atoms with Gasteiger partial charge in [-0.25, -0.2) is 21.6 Å². The molecular formula is C20H28N2O10S2. The summed E-state index contributed by atoms with van der Waals surface area (Å²) in [4.78, 5) is 20.7. The first-order valence-corrected chi connectivity index (χ1v) is 13.2. The molecule has 0 aromatic heterocycles. The Labute approximate surface area is 197 Å². The monoisotopic (exact) mass is 520 g/mol. The minimum absolute atomic E-state index is 0.000278. The molecule has 0 saturated heterocycles. The fourth-order valence-electron chi connectivity index (χ4n) is 2.03. The van der Waals surface area contributed by atoms with Gasteiger partial charge in [0.05, 0.1) is 28.7 Å². The third-order valence-corrected chi connectivity index (χ3v) is 6.07. The summed E-state index contributed by atoms with van der Waals surface area (Å²) in [7, 11) is -6.45. The minimum Gasteiger partial charge on any atom is -0.480 e. The number of nitrogens with two attached hydrogens (primary N) is 1. The third-order valence-electron chi connectivity index (χ3n) is 3.78. The zero-order chi connectivity index (χ0) is 26.5. The van der Waals surface area contributed by atoms with Crippen molar-refractivity contribution in [3.63, 3.8) is 0 Å². The quantitative estimate of drug-likeness (QED) is 0.257. The van der Waals surface area contributed by atoms with E-state index in [2.05, 4.69) is 5.32 Å². The van der Waals surface area contributed by atoms with Crippen LogP contribution in [-0.4, -0.2) is 87.0 Å². The lowest BCUT2D eigenvalue weighted by Gasteiger charge is -2.15. The van der Waals surface area contributed by atoms with E-state index in [9.17, 15) is 26.4 Å². The van der Waals surface area contributed by atoms with Gasteiger partial charge >= 0.3 is 11.9 Å². The first-order chi connectivity index (χ1) is 15.6. The van der Waals surface area contributed by atoms with Gasteiger partial charge in [-0.3, -0.25) is 4.79 Å². The Balaban J connectivity index is 0.000000541. The SMILES string of the molecule is CS(=O)(=O)c1ccccc1.CS(=O)(=O)c1ccccc1NC(CO)C(=O)O.NC(CO)C(=O)O. The molecule has 2 rings (SSSR count). The number of aliphatic hydroxyl groups is 2. The van der Waals surface area contributed by atoms with Gasteiger partial charge in [-0.2, -0.15) is 0 Å². The van der Waals surface area contributed by atoms with Crippen molar-refractivity contribution in [3.8, 4) is 0 Å². The molecule has 2 aromatic carbocycles. The average molecular weight is 521 g/mol. The summed E-state index contributed by atoms with van der Waals surface area (Å²) in [6, 6.07) is 11.9. The number of carboxylic acid groups (broad SMARTS) is 2. The van der Waals surface area contributed by atoms with E-state index >= 15 is 0 Å². The molecule has 12 nitrogen and oxygen atoms in total. The summed E-state index contributed by atoms with van der Waals surface area (Å²) < 4.78 is 44.6. The molecule has 14 heteroatoms. The van der Waals surface area contributed by atoms with Crippen molar-refractivity contribution in [2.24, 2.45) is 5.73 Å². The number of benzene rings is 2. The Bertz CT molecular complexity index is 1140. The largest absolute Gasteiger partial charge is 0.480 e. The first-order valence-electron chi connectivity index (χ1n) is 9.38. The maximum absolute atomic E-state index is 11.4. The number of aliphatic hydroxyl groups excluding tert-OH is 2. The highest BCUT2D eigenvalue weighted by Crippen LogP contribution is 2.21. The van der Waals surface area contributed by atoms with E-state index in [1.165, 1.54) is 24.5 Å². The van der Waals surface area contributed by atoms with Gasteiger partial charge in [0.15, 0.2) is 19.7 Å². The molecule has 0 fully saturated rings. The second kappa shape index (κ2) is 14.3. The standard InChI is InChI=1S/C10H13NO5S.C7H8O2S.C3H7NO3/c1-17(15,16)9-5-3-2-4-7(9)11-8(6-12)10(13)14;1-10(8,9)7-5-3-2-4-6-7;4-2(1-5)3(6)7/h2-5,8,11-12H,6H2,1H3,(H,13,14);2-6H,1H3;2,5H,1,4H2,(H,6,7). The van der Waals surface area contributed by atoms with Crippen LogP contribution in [0.4, 0.5) is 5.69 Å². The maximum Gasteiger partial charge on any atom is 0.328 e. The summed E-state index contributed by atoms with van der Waals surface area (Å²) in [5, 5.41) is 36.0. The van der Waals surface area contributed by atoms with Crippen LogP contribution in [-0.2, 0) is 29.3 Å². The van der Waals surface area contributed by atoms with Gasteiger partial charge in [0.2, 0.25) is 0 Å². The molecule has 0 aliphatic rings. The first kappa shape index (κ1) is 31.0. The van der Waals surface area contributed by atoms with E-state index in [1.807, 2.05) is 0 Å². The topological polar surface area (TPSA) is 221 Å². The molecule has 0 aliphatic heterocycles. The molecule has 2 atom stereocenters. The molecule has 0 amide bonds. The Morgan fingerprint density at radius 3 is 1.65 bits per heavy atom. The van der Waals surface area contributed by atoms with Crippen LogP contribution >= 0.6 is 0 Å². The third kappa shape index (κ3) is 11.7. The van der Waals surface area contributed by atoms with Crippen molar-refractivity contribution in [1.29, 1.82) is 0 Å². The lowest BCUT2D eigenvalue weighted by Crippen LogP contribution is -2.33. The molecule has 0 heterocycles. The fraction of sp³-hybridized carbons (Fsp3) is 0.300. The van der Waals surface area contributed by atoms with Crippen molar-refractivity contribution in [2.45, 2.75) is 21.9 Å². The predicted molar refractivity (Wildman–Crippen MR) is 124 cm³/mol. The van der Waals surface area contributed by atoms with Crippen molar-refractivity contribution in [2.75, 3.05) is 31.0 Å². The van der Waals surface area contributed by atoms with Crippen LogP contribution in [0.5, 0.6) is 0 Å². The number of hydrogen-bond donors (Lipinski definition) is 6. The Hall–Kier alpha value is -3.04. The van der Waals surface area contributed by atoms with Gasteiger partial charge in [-0.05, 0) is 24.3 Å². The number of sulfone groups is 2. The fourth-order valence-corrected chi connectivity index (χ4v) is 3.53. The van der Waals surface area contributed by atoms with E-state index in [4.69, 9.17) is 26.2 Å². The van der Waals surface area contributed by atoms with Gasteiger partial charge in [0, 0.05) is 12.5 Å². The number of hydrogen-bond acceptors (Lipinski definition) is 10. The van der Waals surface area contributed by atoms with Crippen LogP contribution in [0, 0.1) is 0 Å². The molecule has 7 N–H and O–H groups in total. The van der Waals surface area contributed by atoms with Gasteiger partial charge < -0.3 is 31.5 Å². The molecule has 0 saturated carbocycles. The summed E-state index contributed by atoms with van der Waals surface area (Å²) in [5.41, 5.74) is 4.93. The van der Waals surface area contributed by atoms with Crippen LogP contribution in [0.15, 0.2) is 64.4 Å². The van der Waals surface area contributed by atoms with E-state index < -0.39 is 56.9 Å². The normalized spacial score (nSPS) is 12.6.